The van der Waals surface area contributed by atoms with Crippen LogP contribution in [-0.2, 0) is 9.59 Å². The maximum Gasteiger partial charge on any atom is 0.343 e. The first-order valence-corrected chi connectivity index (χ1v) is 8.77. The van der Waals surface area contributed by atoms with Crippen molar-refractivity contribution < 1.29 is 33.3 Å². The molecule has 0 spiro atoms. The van der Waals surface area contributed by atoms with Crippen LogP contribution in [0.4, 0.5) is 0 Å². The molecule has 1 aliphatic rings. The van der Waals surface area contributed by atoms with Gasteiger partial charge in [-0.15, -0.1) is 0 Å². The molecule has 8 nitrogen and oxygen atoms in total. The van der Waals surface area contributed by atoms with Gasteiger partial charge in [0.25, 0.3) is 0 Å². The van der Waals surface area contributed by atoms with Gasteiger partial charge in [0.05, 0.1) is 24.5 Å². The number of rotatable bonds is 5. The minimum atomic E-state index is -1.12. The Kier molecular flexibility index (Phi) is 4.67. The molecule has 2 heterocycles. The number of carbonyl (C=O) groups excluding carboxylic acids is 1. The highest BCUT2D eigenvalue weighted by Gasteiger charge is 2.34. The number of fused-ring (bicyclic) bond motifs is 3. The first-order valence-electron chi connectivity index (χ1n) is 8.77. The Morgan fingerprint density at radius 1 is 1.17 bits per heavy atom. The van der Waals surface area contributed by atoms with Gasteiger partial charge in [-0.25, -0.2) is 9.59 Å². The summed E-state index contributed by atoms with van der Waals surface area (Å²) in [6.45, 7) is -0.524. The standard InChI is InChI=1S/C21H16O8/c1-26-16-8-11(6-7-15(16)27-10-17(22)23)13-9-18(24)29-20-12-4-2-3-5-14(12)28-21(25)19(13)20/h2-8,13H,9-10H2,1H3,(H,22,23)/t13-/m1/s1. The number of para-hydroxylation sites is 1. The van der Waals surface area contributed by atoms with Crippen LogP contribution < -0.4 is 19.8 Å². The molecule has 1 N–H and O–H groups in total. The highest BCUT2D eigenvalue weighted by atomic mass is 16.5. The first-order chi connectivity index (χ1) is 14.0. The number of carboxylic acids is 1. The monoisotopic (exact) mass is 396 g/mol. The summed E-state index contributed by atoms with van der Waals surface area (Å²) in [5, 5.41) is 9.33. The summed E-state index contributed by atoms with van der Waals surface area (Å²) in [5.41, 5.74) is 0.621. The summed E-state index contributed by atoms with van der Waals surface area (Å²) in [6, 6.07) is 11.6. The molecule has 4 rings (SSSR count). The Hall–Kier alpha value is -3.81. The molecule has 0 fully saturated rings. The summed E-state index contributed by atoms with van der Waals surface area (Å²) in [5.74, 6) is -1.47. The first kappa shape index (κ1) is 18.5. The summed E-state index contributed by atoms with van der Waals surface area (Å²) in [6.07, 6.45) is -0.0470. The van der Waals surface area contributed by atoms with Crippen molar-refractivity contribution in [2.75, 3.05) is 13.7 Å². The van der Waals surface area contributed by atoms with E-state index in [1.165, 1.54) is 7.11 Å². The number of ether oxygens (including phenoxy) is 3. The minimum absolute atomic E-state index is 0.0470. The molecule has 1 aliphatic heterocycles. The van der Waals surface area contributed by atoms with E-state index in [0.29, 0.717) is 16.5 Å². The van der Waals surface area contributed by atoms with Crippen LogP contribution in [0.2, 0.25) is 0 Å². The second-order valence-corrected chi connectivity index (χ2v) is 6.45. The third kappa shape index (κ3) is 3.40. The molecule has 148 valence electrons. The van der Waals surface area contributed by atoms with Crippen molar-refractivity contribution in [2.45, 2.75) is 12.3 Å². The van der Waals surface area contributed by atoms with Crippen LogP contribution in [0.3, 0.4) is 0 Å². The number of hydrogen-bond acceptors (Lipinski definition) is 7. The van der Waals surface area contributed by atoms with Crippen molar-refractivity contribution >= 4 is 22.9 Å². The summed E-state index contributed by atoms with van der Waals surface area (Å²) in [4.78, 5) is 35.7. The molecule has 1 atom stereocenters. The Labute approximate surface area is 164 Å². The summed E-state index contributed by atoms with van der Waals surface area (Å²) >= 11 is 0. The van der Waals surface area contributed by atoms with Gasteiger partial charge in [-0.05, 0) is 29.8 Å². The molecule has 8 heteroatoms. The van der Waals surface area contributed by atoms with Gasteiger partial charge in [0.2, 0.25) is 0 Å². The van der Waals surface area contributed by atoms with E-state index >= 15 is 0 Å². The van der Waals surface area contributed by atoms with E-state index in [0.717, 1.165) is 0 Å². The van der Waals surface area contributed by atoms with Gasteiger partial charge < -0.3 is 23.7 Å². The molecule has 1 aromatic heterocycles. The van der Waals surface area contributed by atoms with E-state index < -0.39 is 30.1 Å². The van der Waals surface area contributed by atoms with Crippen LogP contribution in [0.5, 0.6) is 17.2 Å². The quantitative estimate of drug-likeness (QED) is 0.517. The predicted molar refractivity (Wildman–Crippen MR) is 101 cm³/mol. The average molecular weight is 396 g/mol. The predicted octanol–water partition coefficient (Wildman–Crippen LogP) is 2.71. The molecule has 0 unspecified atom stereocenters. The lowest BCUT2D eigenvalue weighted by atomic mass is 9.86. The van der Waals surface area contributed by atoms with Crippen LogP contribution in [0.15, 0.2) is 51.7 Å². The Morgan fingerprint density at radius 2 is 1.97 bits per heavy atom. The zero-order chi connectivity index (χ0) is 20.5. The fourth-order valence-electron chi connectivity index (χ4n) is 3.41. The maximum absolute atomic E-state index is 12.7. The van der Waals surface area contributed by atoms with Crippen molar-refractivity contribution in [2.24, 2.45) is 0 Å². The molecule has 29 heavy (non-hydrogen) atoms. The maximum atomic E-state index is 12.7. The van der Waals surface area contributed by atoms with Gasteiger partial charge in [-0.3, -0.25) is 4.79 Å². The highest BCUT2D eigenvalue weighted by Crippen LogP contribution is 2.42. The number of methoxy groups -OCH3 is 1. The molecule has 0 aliphatic carbocycles. The second-order valence-electron chi connectivity index (χ2n) is 6.45. The van der Waals surface area contributed by atoms with Crippen LogP contribution in [0.25, 0.3) is 11.0 Å². The van der Waals surface area contributed by atoms with E-state index in [4.69, 9.17) is 23.7 Å². The lowest BCUT2D eigenvalue weighted by molar-refractivity contribution is -0.139. The smallest absolute Gasteiger partial charge is 0.343 e. The number of benzene rings is 2. The molecule has 0 amide bonds. The summed E-state index contributed by atoms with van der Waals surface area (Å²) < 4.78 is 21.3. The van der Waals surface area contributed by atoms with Crippen LogP contribution >= 0.6 is 0 Å². The molecule has 0 radical (unpaired) electrons. The second kappa shape index (κ2) is 7.31. The molecule has 0 saturated heterocycles. The largest absolute Gasteiger partial charge is 0.493 e. The van der Waals surface area contributed by atoms with Crippen LogP contribution in [0.1, 0.15) is 23.5 Å². The fourth-order valence-corrected chi connectivity index (χ4v) is 3.41. The average Bonchev–Trinajstić information content (AvgIpc) is 2.71. The third-order valence-electron chi connectivity index (χ3n) is 4.68. The lowest BCUT2D eigenvalue weighted by Crippen LogP contribution is -2.26. The third-order valence-corrected chi connectivity index (χ3v) is 4.68. The Morgan fingerprint density at radius 3 is 2.72 bits per heavy atom. The van der Waals surface area contributed by atoms with Gasteiger partial charge >= 0.3 is 17.6 Å². The molecule has 3 aromatic rings. The minimum Gasteiger partial charge on any atom is -0.493 e. The Balaban J connectivity index is 1.83. The number of aliphatic carboxylic acids is 1. The van der Waals surface area contributed by atoms with Crippen LogP contribution in [-0.4, -0.2) is 30.8 Å². The van der Waals surface area contributed by atoms with E-state index in [2.05, 4.69) is 0 Å². The van der Waals surface area contributed by atoms with Gasteiger partial charge in [0.15, 0.2) is 23.9 Å². The van der Waals surface area contributed by atoms with E-state index in [-0.39, 0.29) is 29.2 Å². The number of hydrogen-bond donors (Lipinski definition) is 1. The van der Waals surface area contributed by atoms with Gasteiger partial charge in [0, 0.05) is 5.92 Å². The van der Waals surface area contributed by atoms with Crippen molar-refractivity contribution in [3.05, 3.63) is 64.0 Å². The fraction of sp³-hybridized carbons (Fsp3) is 0.190. The van der Waals surface area contributed by atoms with E-state index in [9.17, 15) is 14.4 Å². The summed E-state index contributed by atoms with van der Waals surface area (Å²) in [7, 11) is 1.41. The normalized spacial score (nSPS) is 15.5. The molecular formula is C21H16O8. The topological polar surface area (TPSA) is 112 Å². The lowest BCUT2D eigenvalue weighted by Gasteiger charge is -2.25. The highest BCUT2D eigenvalue weighted by molar-refractivity contribution is 5.90. The molecular weight excluding hydrogens is 380 g/mol. The van der Waals surface area contributed by atoms with Gasteiger partial charge in [-0.2, -0.15) is 0 Å². The van der Waals surface area contributed by atoms with Crippen molar-refractivity contribution in [1.29, 1.82) is 0 Å². The molecule has 2 aromatic carbocycles. The zero-order valence-electron chi connectivity index (χ0n) is 15.3. The van der Waals surface area contributed by atoms with Gasteiger partial charge in [0.1, 0.15) is 5.58 Å². The van der Waals surface area contributed by atoms with Crippen molar-refractivity contribution in [3.8, 4) is 17.2 Å². The molecule has 0 saturated carbocycles. The molecule has 0 bridgehead atoms. The number of esters is 1. The van der Waals surface area contributed by atoms with Crippen molar-refractivity contribution in [1.82, 2.24) is 0 Å². The number of carbonyl (C=O) groups is 2. The zero-order valence-corrected chi connectivity index (χ0v) is 15.3. The van der Waals surface area contributed by atoms with Gasteiger partial charge in [-0.1, -0.05) is 18.2 Å². The van der Waals surface area contributed by atoms with E-state index in [1.807, 2.05) is 0 Å². The Bertz CT molecular complexity index is 1180. The number of carboxylic acid groups (broad SMARTS) is 1. The van der Waals surface area contributed by atoms with E-state index in [1.54, 1.807) is 42.5 Å². The van der Waals surface area contributed by atoms with Crippen LogP contribution in [0, 0.1) is 0 Å². The SMILES string of the molecule is COc1cc([C@H]2CC(=O)Oc3c2c(=O)oc2ccccc32)ccc1OCC(=O)O. The van der Waals surface area contributed by atoms with Crippen molar-refractivity contribution in [3.63, 3.8) is 0 Å².